The predicted octanol–water partition coefficient (Wildman–Crippen LogP) is 4.89. The van der Waals surface area contributed by atoms with Gasteiger partial charge in [0, 0.05) is 12.5 Å². The minimum atomic E-state index is -4.02. The van der Waals surface area contributed by atoms with Gasteiger partial charge in [-0.05, 0) is 48.4 Å². The van der Waals surface area contributed by atoms with Gasteiger partial charge in [0.05, 0.1) is 19.2 Å². The number of carbonyl (C=O) groups is 2. The van der Waals surface area contributed by atoms with Crippen molar-refractivity contribution in [2.24, 2.45) is 0 Å². The van der Waals surface area contributed by atoms with Crippen LogP contribution in [0.4, 0.5) is 5.95 Å². The second kappa shape index (κ2) is 13.6. The molecule has 4 rings (SSSR count). The highest BCUT2D eigenvalue weighted by Gasteiger charge is 2.54. The maximum atomic E-state index is 13.9. The number of ether oxygens (including phenoxy) is 1. The van der Waals surface area contributed by atoms with Gasteiger partial charge in [-0.15, -0.1) is 0 Å². The molecular formula is C32H49N5O9SSi2. The summed E-state index contributed by atoms with van der Waals surface area (Å²) in [6.45, 7) is 21.9. The van der Waals surface area contributed by atoms with Crippen LogP contribution < -0.4 is 10.9 Å². The molecule has 0 spiro atoms. The smallest absolute Gasteiger partial charge is 0.290 e. The van der Waals surface area contributed by atoms with Crippen molar-refractivity contribution >= 4 is 55.7 Å². The van der Waals surface area contributed by atoms with E-state index >= 15 is 0 Å². The van der Waals surface area contributed by atoms with Crippen molar-refractivity contribution in [3.8, 4) is 0 Å². The molecule has 3 aromatic rings. The second-order valence-corrected chi connectivity index (χ2v) is 26.7. The first-order valence-electron chi connectivity index (χ1n) is 16.1. The number of rotatable bonds is 10. The molecule has 4 atom stereocenters. The van der Waals surface area contributed by atoms with Crippen molar-refractivity contribution in [2.75, 3.05) is 18.2 Å². The minimum absolute atomic E-state index is 0.0104. The lowest BCUT2D eigenvalue weighted by molar-refractivity contribution is -0.114. The van der Waals surface area contributed by atoms with E-state index in [2.05, 4.69) is 69.9 Å². The summed E-state index contributed by atoms with van der Waals surface area (Å²) < 4.78 is 53.4. The summed E-state index contributed by atoms with van der Waals surface area (Å²) in [6, 6.07) is 8.11. The van der Waals surface area contributed by atoms with Crippen molar-refractivity contribution in [1.82, 2.24) is 19.1 Å². The van der Waals surface area contributed by atoms with E-state index < -0.39 is 68.7 Å². The third-order valence-corrected chi connectivity index (χ3v) is 19.2. The first-order chi connectivity index (χ1) is 22.3. The average Bonchev–Trinajstić information content (AvgIpc) is 3.51. The van der Waals surface area contributed by atoms with Crippen LogP contribution in [0.2, 0.25) is 36.3 Å². The Labute approximate surface area is 289 Å². The summed E-state index contributed by atoms with van der Waals surface area (Å²) >= 11 is 0. The number of benzene rings is 1. The Morgan fingerprint density at radius 2 is 1.57 bits per heavy atom. The number of amides is 1. The van der Waals surface area contributed by atoms with E-state index in [0.29, 0.717) is 0 Å². The van der Waals surface area contributed by atoms with Gasteiger partial charge >= 0.3 is 0 Å². The highest BCUT2D eigenvalue weighted by atomic mass is 32.2. The van der Waals surface area contributed by atoms with E-state index in [1.54, 1.807) is 18.2 Å². The molecule has 1 N–H and O–H groups in total. The van der Waals surface area contributed by atoms with E-state index in [-0.39, 0.29) is 39.4 Å². The van der Waals surface area contributed by atoms with Crippen molar-refractivity contribution in [1.29, 1.82) is 0 Å². The normalized spacial score (nSPS) is 20.9. The van der Waals surface area contributed by atoms with Crippen LogP contribution >= 0.6 is 0 Å². The zero-order chi connectivity index (χ0) is 36.9. The molecule has 17 heteroatoms. The van der Waals surface area contributed by atoms with E-state index in [4.69, 9.17) is 17.8 Å². The van der Waals surface area contributed by atoms with Crippen LogP contribution in [0.1, 0.15) is 65.1 Å². The van der Waals surface area contributed by atoms with Gasteiger partial charge in [-0.3, -0.25) is 28.5 Å². The molecule has 1 saturated heterocycles. The van der Waals surface area contributed by atoms with Gasteiger partial charge in [-0.2, -0.15) is 13.4 Å². The Bertz CT molecular complexity index is 1880. The number of imidazole rings is 1. The zero-order valence-corrected chi connectivity index (χ0v) is 33.2. The molecule has 1 amide bonds. The molecule has 0 aliphatic carbocycles. The summed E-state index contributed by atoms with van der Waals surface area (Å²) in [5.41, 5.74) is -0.801. The van der Waals surface area contributed by atoms with Crippen LogP contribution in [0.3, 0.4) is 0 Å². The standard InChI is InChI=1S/C32H49N5O9SSi2/c1-20(38)34-30-35-26-23(28(40)37(30)27(39)21-16-14-13-15-17-21)33-19-36(26)29-25(46-49(11,12)32(5,6)7)24(45-47(8,41)42)22(44-29)18-43-48(9,10)31(2,3)4/h13-17,19,22,24-25,29H,18H2,1-12H3,(H,34,35,38)/t22-,24-,25-,29-/m1/s1. The summed E-state index contributed by atoms with van der Waals surface area (Å²) in [5, 5.41) is 2.07. The van der Waals surface area contributed by atoms with E-state index in [1.807, 2.05) is 13.1 Å². The monoisotopic (exact) mass is 735 g/mol. The van der Waals surface area contributed by atoms with E-state index in [9.17, 15) is 22.8 Å². The van der Waals surface area contributed by atoms with Gasteiger partial charge in [0.15, 0.2) is 34.0 Å². The van der Waals surface area contributed by atoms with Gasteiger partial charge in [-0.25, -0.2) is 9.55 Å². The molecule has 0 radical (unpaired) electrons. The SMILES string of the molecule is CC(=O)Nc1nc2c(ncn2[C@@H]2O[C@H](CO[Si](C)(C)C(C)(C)C)[C@@H](OS(C)(=O)=O)[C@H]2O[Si](C)(C)C(C)(C)C)c(=O)n1C(=O)c1ccccc1. The largest absolute Gasteiger partial charge is 0.414 e. The minimum Gasteiger partial charge on any atom is -0.414 e. The number of hydrogen-bond acceptors (Lipinski definition) is 11. The van der Waals surface area contributed by atoms with Gasteiger partial charge in [-0.1, -0.05) is 59.7 Å². The van der Waals surface area contributed by atoms with E-state index in [1.165, 1.54) is 30.0 Å². The topological polar surface area (TPSA) is 170 Å². The lowest BCUT2D eigenvalue weighted by atomic mass is 10.1. The molecule has 2 aromatic heterocycles. The van der Waals surface area contributed by atoms with Gasteiger partial charge < -0.3 is 13.6 Å². The molecule has 0 bridgehead atoms. The Morgan fingerprint density at radius 3 is 2.10 bits per heavy atom. The number of nitrogens with zero attached hydrogens (tertiary/aromatic N) is 4. The number of fused-ring (bicyclic) bond motifs is 1. The molecule has 0 saturated carbocycles. The van der Waals surface area contributed by atoms with Crippen molar-refractivity contribution in [2.45, 2.75) is 109 Å². The maximum Gasteiger partial charge on any atom is 0.290 e. The number of carbonyl (C=O) groups excluding carboxylic acids is 2. The lowest BCUT2D eigenvalue weighted by Crippen LogP contribution is -2.50. The fourth-order valence-electron chi connectivity index (χ4n) is 4.83. The van der Waals surface area contributed by atoms with Crippen LogP contribution in [0.25, 0.3) is 11.2 Å². The molecule has 49 heavy (non-hydrogen) atoms. The van der Waals surface area contributed by atoms with Crippen LogP contribution in [0.5, 0.6) is 0 Å². The molecule has 1 aliphatic rings. The van der Waals surface area contributed by atoms with Crippen molar-refractivity contribution in [3.05, 3.63) is 52.6 Å². The van der Waals surface area contributed by atoms with Crippen LogP contribution in [-0.2, 0) is 32.7 Å². The van der Waals surface area contributed by atoms with Crippen molar-refractivity contribution < 1.29 is 35.8 Å². The molecule has 1 aliphatic heterocycles. The predicted molar refractivity (Wildman–Crippen MR) is 191 cm³/mol. The van der Waals surface area contributed by atoms with Crippen LogP contribution in [-0.4, -0.2) is 87.1 Å². The Balaban J connectivity index is 1.92. The molecule has 1 aromatic carbocycles. The number of nitrogens with one attached hydrogen (secondary N) is 1. The molecule has 270 valence electrons. The van der Waals surface area contributed by atoms with Gasteiger partial charge in [0.25, 0.3) is 21.6 Å². The van der Waals surface area contributed by atoms with Crippen molar-refractivity contribution in [3.63, 3.8) is 0 Å². The zero-order valence-electron chi connectivity index (χ0n) is 30.4. The lowest BCUT2D eigenvalue weighted by Gasteiger charge is -2.40. The Morgan fingerprint density at radius 1 is 0.980 bits per heavy atom. The van der Waals surface area contributed by atoms with Gasteiger partial charge in [0.2, 0.25) is 11.9 Å². The number of aromatic nitrogens is 4. The average molecular weight is 736 g/mol. The Kier molecular flexibility index (Phi) is 10.7. The molecule has 0 unspecified atom stereocenters. The molecule has 1 fully saturated rings. The first-order valence-corrected chi connectivity index (χ1v) is 23.7. The number of hydrogen-bond donors (Lipinski definition) is 1. The summed E-state index contributed by atoms with van der Waals surface area (Å²) in [6.07, 6.45) is -1.84. The molecule has 14 nitrogen and oxygen atoms in total. The van der Waals surface area contributed by atoms with Crippen LogP contribution in [0.15, 0.2) is 41.5 Å². The highest BCUT2D eigenvalue weighted by molar-refractivity contribution is 7.86. The van der Waals surface area contributed by atoms with Crippen LogP contribution in [0, 0.1) is 0 Å². The molecular weight excluding hydrogens is 687 g/mol. The second-order valence-electron chi connectivity index (χ2n) is 15.5. The maximum absolute atomic E-state index is 13.9. The Hall–Kier alpha value is -3.07. The van der Waals surface area contributed by atoms with E-state index in [0.717, 1.165) is 10.8 Å². The fraction of sp³-hybridized carbons (Fsp3) is 0.594. The summed E-state index contributed by atoms with van der Waals surface area (Å²) in [4.78, 5) is 48.6. The highest BCUT2D eigenvalue weighted by Crippen LogP contribution is 2.44. The fourth-order valence-corrected chi connectivity index (χ4v) is 7.76. The third-order valence-electron chi connectivity index (χ3n) is 9.61. The third kappa shape index (κ3) is 8.29. The number of anilines is 1. The summed E-state index contributed by atoms with van der Waals surface area (Å²) in [7, 11) is -8.99. The first kappa shape index (κ1) is 38.7. The summed E-state index contributed by atoms with van der Waals surface area (Å²) in [5.74, 6) is -1.59. The van der Waals surface area contributed by atoms with Gasteiger partial charge in [0.1, 0.15) is 18.3 Å². The quantitative estimate of drug-likeness (QED) is 0.222. The molecule has 3 heterocycles.